The van der Waals surface area contributed by atoms with Gasteiger partial charge in [0.15, 0.2) is 0 Å². The maximum atomic E-state index is 14.2. The normalized spacial score (nSPS) is 10.5. The maximum absolute atomic E-state index is 14.2. The highest BCUT2D eigenvalue weighted by molar-refractivity contribution is 5.68. The van der Waals surface area contributed by atoms with Crippen LogP contribution in [0.4, 0.5) is 10.2 Å². The highest BCUT2D eigenvalue weighted by Crippen LogP contribution is 2.25. The number of anilines is 1. The minimum absolute atomic E-state index is 0.267. The predicted octanol–water partition coefficient (Wildman–Crippen LogP) is 2.22. The average molecular weight is 282 g/mol. The molecule has 0 aliphatic rings. The molecular weight excluding hydrogens is 271 g/mol. The summed E-state index contributed by atoms with van der Waals surface area (Å²) >= 11 is 0. The summed E-state index contributed by atoms with van der Waals surface area (Å²) in [6, 6.07) is 7.86. The van der Waals surface area contributed by atoms with Crippen LogP contribution < -0.4 is 11.3 Å². The first kappa shape index (κ1) is 13.0. The van der Waals surface area contributed by atoms with E-state index in [2.05, 4.69) is 15.0 Å². The van der Waals surface area contributed by atoms with Gasteiger partial charge in [-0.3, -0.25) is 9.78 Å². The van der Waals surface area contributed by atoms with E-state index < -0.39 is 5.82 Å². The van der Waals surface area contributed by atoms with E-state index >= 15 is 0 Å². The van der Waals surface area contributed by atoms with Gasteiger partial charge in [0.05, 0.1) is 18.1 Å². The Morgan fingerprint density at radius 3 is 2.62 bits per heavy atom. The number of aromatic nitrogens is 3. The quantitative estimate of drug-likeness (QED) is 0.754. The van der Waals surface area contributed by atoms with E-state index in [-0.39, 0.29) is 11.4 Å². The molecule has 3 aromatic rings. The second kappa shape index (κ2) is 5.16. The molecule has 0 bridgehead atoms. The molecule has 6 heteroatoms. The van der Waals surface area contributed by atoms with E-state index in [9.17, 15) is 9.18 Å². The Morgan fingerprint density at radius 1 is 1.10 bits per heavy atom. The fourth-order valence-electron chi connectivity index (χ4n) is 2.02. The van der Waals surface area contributed by atoms with E-state index in [1.165, 1.54) is 24.7 Å². The standard InChI is InChI=1S/C15H11FN4O/c16-12-6-9(10-2-1-5-18-15(10)21)3-4-11(12)13-7-20-14(17)8-19-13/h1-8H,(H2,17,20)(H,18,21). The Hall–Kier alpha value is -3.02. The lowest BCUT2D eigenvalue weighted by Gasteiger charge is -2.05. The van der Waals surface area contributed by atoms with Crippen molar-refractivity contribution in [1.29, 1.82) is 0 Å². The van der Waals surface area contributed by atoms with Gasteiger partial charge >= 0.3 is 0 Å². The molecule has 0 unspecified atom stereocenters. The van der Waals surface area contributed by atoms with Gasteiger partial charge in [0, 0.05) is 17.3 Å². The summed E-state index contributed by atoms with van der Waals surface area (Å²) < 4.78 is 14.2. The lowest BCUT2D eigenvalue weighted by atomic mass is 10.0. The zero-order chi connectivity index (χ0) is 14.8. The van der Waals surface area contributed by atoms with Gasteiger partial charge in [-0.05, 0) is 29.8 Å². The third-order valence-electron chi connectivity index (χ3n) is 3.05. The van der Waals surface area contributed by atoms with E-state index in [4.69, 9.17) is 5.73 Å². The Morgan fingerprint density at radius 2 is 1.95 bits per heavy atom. The number of hydrogen-bond donors (Lipinski definition) is 2. The number of nitrogens with two attached hydrogens (primary N) is 1. The lowest BCUT2D eigenvalue weighted by molar-refractivity contribution is 0.631. The number of halogens is 1. The van der Waals surface area contributed by atoms with E-state index in [0.29, 0.717) is 22.4 Å². The number of H-pyrrole nitrogens is 1. The van der Waals surface area contributed by atoms with Crippen molar-refractivity contribution >= 4 is 5.82 Å². The van der Waals surface area contributed by atoms with Gasteiger partial charge < -0.3 is 10.7 Å². The zero-order valence-corrected chi connectivity index (χ0v) is 10.9. The van der Waals surface area contributed by atoms with Gasteiger partial charge in [0.2, 0.25) is 0 Å². The third kappa shape index (κ3) is 2.51. The summed E-state index contributed by atoms with van der Waals surface area (Å²) in [6.07, 6.45) is 4.30. The van der Waals surface area contributed by atoms with Gasteiger partial charge in [0.25, 0.3) is 5.56 Å². The summed E-state index contributed by atoms with van der Waals surface area (Å²) in [5.74, 6) is -0.207. The van der Waals surface area contributed by atoms with Gasteiger partial charge in [0.1, 0.15) is 11.6 Å². The molecule has 21 heavy (non-hydrogen) atoms. The maximum Gasteiger partial charge on any atom is 0.255 e. The van der Waals surface area contributed by atoms with Gasteiger partial charge in [-0.1, -0.05) is 6.07 Å². The van der Waals surface area contributed by atoms with Crippen molar-refractivity contribution in [2.75, 3.05) is 5.73 Å². The molecule has 0 aliphatic carbocycles. The summed E-state index contributed by atoms with van der Waals surface area (Å²) in [5.41, 5.74) is 6.79. The lowest BCUT2D eigenvalue weighted by Crippen LogP contribution is -2.07. The van der Waals surface area contributed by atoms with Crippen LogP contribution in [0.25, 0.3) is 22.4 Å². The summed E-state index contributed by atoms with van der Waals surface area (Å²) in [5, 5.41) is 0. The van der Waals surface area contributed by atoms with Crippen molar-refractivity contribution in [3.8, 4) is 22.4 Å². The largest absolute Gasteiger partial charge is 0.382 e. The highest BCUT2D eigenvalue weighted by Gasteiger charge is 2.10. The Kier molecular flexibility index (Phi) is 3.19. The van der Waals surface area contributed by atoms with Crippen LogP contribution in [-0.4, -0.2) is 15.0 Å². The number of pyridine rings is 1. The molecule has 5 nitrogen and oxygen atoms in total. The van der Waals surface area contributed by atoms with Crippen LogP contribution in [0.3, 0.4) is 0 Å². The van der Waals surface area contributed by atoms with E-state index in [1.54, 1.807) is 24.3 Å². The smallest absolute Gasteiger partial charge is 0.255 e. The van der Waals surface area contributed by atoms with Crippen molar-refractivity contribution in [1.82, 2.24) is 15.0 Å². The molecule has 0 atom stereocenters. The summed E-state index contributed by atoms with van der Waals surface area (Å²) in [4.78, 5) is 22.2. The number of benzene rings is 1. The predicted molar refractivity (Wildman–Crippen MR) is 77.9 cm³/mol. The molecule has 0 saturated carbocycles. The molecule has 2 aromatic heterocycles. The van der Waals surface area contributed by atoms with Crippen LogP contribution in [0, 0.1) is 5.82 Å². The first-order valence-corrected chi connectivity index (χ1v) is 6.20. The number of nitrogen functional groups attached to an aromatic ring is 1. The minimum Gasteiger partial charge on any atom is -0.382 e. The first-order valence-electron chi connectivity index (χ1n) is 6.20. The van der Waals surface area contributed by atoms with E-state index in [0.717, 1.165) is 0 Å². The second-order valence-corrected chi connectivity index (χ2v) is 4.43. The van der Waals surface area contributed by atoms with Gasteiger partial charge in [-0.15, -0.1) is 0 Å². The highest BCUT2D eigenvalue weighted by atomic mass is 19.1. The molecule has 104 valence electrons. The Bertz CT molecular complexity index is 843. The molecule has 1 aromatic carbocycles. The molecule has 0 amide bonds. The topological polar surface area (TPSA) is 84.7 Å². The van der Waals surface area contributed by atoms with Crippen molar-refractivity contribution in [3.05, 3.63) is 65.1 Å². The first-order chi connectivity index (χ1) is 10.1. The van der Waals surface area contributed by atoms with Crippen molar-refractivity contribution < 1.29 is 4.39 Å². The zero-order valence-electron chi connectivity index (χ0n) is 10.9. The molecule has 3 N–H and O–H groups in total. The van der Waals surface area contributed by atoms with E-state index in [1.807, 2.05) is 0 Å². The molecule has 0 aliphatic heterocycles. The van der Waals surface area contributed by atoms with Gasteiger partial charge in [-0.2, -0.15) is 0 Å². The van der Waals surface area contributed by atoms with Crippen LogP contribution in [0.15, 0.2) is 53.7 Å². The van der Waals surface area contributed by atoms with Crippen LogP contribution in [-0.2, 0) is 0 Å². The van der Waals surface area contributed by atoms with Crippen LogP contribution in [0.5, 0.6) is 0 Å². The molecule has 0 radical (unpaired) electrons. The Labute approximate surface area is 119 Å². The second-order valence-electron chi connectivity index (χ2n) is 4.43. The number of nitrogens with one attached hydrogen (secondary N) is 1. The van der Waals surface area contributed by atoms with Crippen molar-refractivity contribution in [3.63, 3.8) is 0 Å². The number of aromatic amines is 1. The van der Waals surface area contributed by atoms with Crippen molar-refractivity contribution in [2.24, 2.45) is 0 Å². The minimum atomic E-state index is -0.477. The fraction of sp³-hybridized carbons (Fsp3) is 0. The third-order valence-corrected chi connectivity index (χ3v) is 3.05. The van der Waals surface area contributed by atoms with Crippen molar-refractivity contribution in [2.45, 2.75) is 0 Å². The molecule has 2 heterocycles. The molecular formula is C15H11FN4O. The van der Waals surface area contributed by atoms with Crippen LogP contribution in [0.1, 0.15) is 0 Å². The Balaban J connectivity index is 2.06. The SMILES string of the molecule is Nc1cnc(-c2ccc(-c3ccc[nH]c3=O)cc2F)cn1. The summed E-state index contributed by atoms with van der Waals surface area (Å²) in [6.45, 7) is 0. The number of nitrogens with zero attached hydrogens (tertiary/aromatic N) is 2. The molecule has 3 rings (SSSR count). The average Bonchev–Trinajstić information content (AvgIpc) is 2.49. The van der Waals surface area contributed by atoms with Crippen LogP contribution >= 0.6 is 0 Å². The molecule has 0 spiro atoms. The molecule has 0 saturated heterocycles. The fourth-order valence-corrected chi connectivity index (χ4v) is 2.02. The van der Waals surface area contributed by atoms with Gasteiger partial charge in [-0.25, -0.2) is 9.37 Å². The number of hydrogen-bond acceptors (Lipinski definition) is 4. The molecule has 0 fully saturated rings. The number of rotatable bonds is 2. The monoisotopic (exact) mass is 282 g/mol. The van der Waals surface area contributed by atoms with Crippen LogP contribution in [0.2, 0.25) is 0 Å². The summed E-state index contributed by atoms with van der Waals surface area (Å²) in [7, 11) is 0.